The van der Waals surface area contributed by atoms with Crippen LogP contribution in [0.4, 0.5) is 4.79 Å². The number of esters is 1. The summed E-state index contributed by atoms with van der Waals surface area (Å²) in [5, 5.41) is 6.15. The van der Waals surface area contributed by atoms with Gasteiger partial charge in [0.2, 0.25) is 0 Å². The van der Waals surface area contributed by atoms with E-state index < -0.39 is 0 Å². The van der Waals surface area contributed by atoms with Crippen LogP contribution >= 0.6 is 11.6 Å². The molecule has 2 N–H and O–H groups in total. The number of halogens is 1. The Labute approximate surface area is 146 Å². The van der Waals surface area contributed by atoms with Gasteiger partial charge < -0.3 is 15.4 Å². The van der Waals surface area contributed by atoms with Crippen molar-refractivity contribution in [3.05, 3.63) is 70.2 Å². The van der Waals surface area contributed by atoms with Gasteiger partial charge in [0.05, 0.1) is 12.2 Å². The van der Waals surface area contributed by atoms with E-state index in [-0.39, 0.29) is 12.0 Å². The highest BCUT2D eigenvalue weighted by Crippen LogP contribution is 2.10. The second-order valence-electron chi connectivity index (χ2n) is 5.08. The molecule has 0 aliphatic carbocycles. The van der Waals surface area contributed by atoms with Crippen molar-refractivity contribution >= 4 is 23.6 Å². The molecule has 0 radical (unpaired) electrons. The van der Waals surface area contributed by atoms with Gasteiger partial charge in [0, 0.05) is 18.1 Å². The van der Waals surface area contributed by atoms with Gasteiger partial charge in [-0.25, -0.2) is 9.59 Å². The van der Waals surface area contributed by atoms with E-state index in [0.29, 0.717) is 30.3 Å². The lowest BCUT2D eigenvalue weighted by atomic mass is 10.1. The van der Waals surface area contributed by atoms with Crippen molar-refractivity contribution in [2.75, 3.05) is 6.61 Å². The highest BCUT2D eigenvalue weighted by Gasteiger charge is 2.06. The Morgan fingerprint density at radius 1 is 1.00 bits per heavy atom. The van der Waals surface area contributed by atoms with Crippen molar-refractivity contribution in [1.29, 1.82) is 0 Å². The van der Waals surface area contributed by atoms with Crippen molar-refractivity contribution in [3.8, 4) is 0 Å². The SMILES string of the molecule is CCOC(=O)c1ccc(CNC(=O)NCc2cccc(Cl)c2)cc1. The van der Waals surface area contributed by atoms with Crippen LogP contribution in [0.15, 0.2) is 48.5 Å². The number of nitrogens with one attached hydrogen (secondary N) is 2. The van der Waals surface area contributed by atoms with E-state index in [0.717, 1.165) is 11.1 Å². The predicted molar refractivity (Wildman–Crippen MR) is 92.9 cm³/mol. The van der Waals surface area contributed by atoms with Gasteiger partial charge in [-0.05, 0) is 42.3 Å². The minimum Gasteiger partial charge on any atom is -0.462 e. The Hall–Kier alpha value is -2.53. The maximum Gasteiger partial charge on any atom is 0.338 e. The Balaban J connectivity index is 1.78. The van der Waals surface area contributed by atoms with E-state index in [4.69, 9.17) is 16.3 Å². The highest BCUT2D eigenvalue weighted by molar-refractivity contribution is 6.30. The molecule has 126 valence electrons. The molecule has 2 aromatic rings. The molecule has 0 heterocycles. The Kier molecular flexibility index (Phi) is 6.63. The monoisotopic (exact) mass is 346 g/mol. The number of urea groups is 1. The Morgan fingerprint density at radius 2 is 1.67 bits per heavy atom. The number of benzene rings is 2. The summed E-state index contributed by atoms with van der Waals surface area (Å²) < 4.78 is 4.92. The lowest BCUT2D eigenvalue weighted by Gasteiger charge is -2.08. The van der Waals surface area contributed by atoms with Crippen LogP contribution in [0.2, 0.25) is 5.02 Å². The summed E-state index contributed by atoms with van der Waals surface area (Å²) in [6, 6.07) is 14.0. The van der Waals surface area contributed by atoms with E-state index >= 15 is 0 Å². The van der Waals surface area contributed by atoms with Crippen molar-refractivity contribution in [1.82, 2.24) is 10.6 Å². The molecule has 2 rings (SSSR count). The molecule has 0 aliphatic rings. The van der Waals surface area contributed by atoms with Gasteiger partial charge in [-0.15, -0.1) is 0 Å². The molecule has 0 saturated carbocycles. The standard InChI is InChI=1S/C18H19ClN2O3/c1-2-24-17(22)15-8-6-13(7-9-15)11-20-18(23)21-12-14-4-3-5-16(19)10-14/h3-10H,2,11-12H2,1H3,(H2,20,21,23). The van der Waals surface area contributed by atoms with E-state index in [1.54, 1.807) is 43.3 Å². The third-order valence-corrected chi connectivity index (χ3v) is 3.50. The summed E-state index contributed by atoms with van der Waals surface area (Å²) in [5.41, 5.74) is 2.31. The van der Waals surface area contributed by atoms with Crippen molar-refractivity contribution in [3.63, 3.8) is 0 Å². The summed E-state index contributed by atoms with van der Waals surface area (Å²) in [5.74, 6) is -0.351. The molecular weight excluding hydrogens is 328 g/mol. The average Bonchev–Trinajstić information content (AvgIpc) is 2.59. The molecule has 5 nitrogen and oxygen atoms in total. The second-order valence-corrected chi connectivity index (χ2v) is 5.52. The minimum atomic E-state index is -0.351. The zero-order valence-corrected chi connectivity index (χ0v) is 14.1. The highest BCUT2D eigenvalue weighted by atomic mass is 35.5. The fourth-order valence-electron chi connectivity index (χ4n) is 2.05. The zero-order chi connectivity index (χ0) is 17.4. The maximum atomic E-state index is 11.8. The Bertz CT molecular complexity index is 702. The third kappa shape index (κ3) is 5.59. The number of carbonyl (C=O) groups excluding carboxylic acids is 2. The second kappa shape index (κ2) is 8.93. The lowest BCUT2D eigenvalue weighted by molar-refractivity contribution is 0.0526. The van der Waals surface area contributed by atoms with Gasteiger partial charge in [-0.2, -0.15) is 0 Å². The first-order valence-electron chi connectivity index (χ1n) is 7.60. The van der Waals surface area contributed by atoms with E-state index in [1.807, 2.05) is 12.1 Å². The van der Waals surface area contributed by atoms with Crippen LogP contribution in [0.1, 0.15) is 28.4 Å². The quantitative estimate of drug-likeness (QED) is 0.786. The Morgan fingerprint density at radius 3 is 2.29 bits per heavy atom. The summed E-state index contributed by atoms with van der Waals surface area (Å²) in [6.45, 7) is 2.87. The molecule has 0 fully saturated rings. The molecule has 0 aromatic heterocycles. The van der Waals surface area contributed by atoms with Crippen molar-refractivity contribution in [2.45, 2.75) is 20.0 Å². The summed E-state index contributed by atoms with van der Waals surface area (Å²) in [4.78, 5) is 23.4. The number of rotatable bonds is 6. The average molecular weight is 347 g/mol. The van der Waals surface area contributed by atoms with Crippen LogP contribution in [-0.4, -0.2) is 18.6 Å². The first-order valence-corrected chi connectivity index (χ1v) is 7.98. The van der Waals surface area contributed by atoms with Crippen LogP contribution in [0.3, 0.4) is 0 Å². The summed E-state index contributed by atoms with van der Waals surface area (Å²) in [6.07, 6.45) is 0. The van der Waals surface area contributed by atoms with E-state index in [2.05, 4.69) is 10.6 Å². The van der Waals surface area contributed by atoms with Crippen LogP contribution < -0.4 is 10.6 Å². The van der Waals surface area contributed by atoms with Crippen molar-refractivity contribution in [2.24, 2.45) is 0 Å². The van der Waals surface area contributed by atoms with Gasteiger partial charge in [-0.1, -0.05) is 35.9 Å². The normalized spacial score (nSPS) is 10.1. The van der Waals surface area contributed by atoms with Gasteiger partial charge in [-0.3, -0.25) is 0 Å². The van der Waals surface area contributed by atoms with Crippen LogP contribution in [0, 0.1) is 0 Å². The van der Waals surface area contributed by atoms with Gasteiger partial charge >= 0.3 is 12.0 Å². The number of carbonyl (C=O) groups is 2. The number of hydrogen-bond acceptors (Lipinski definition) is 3. The number of amides is 2. The molecule has 0 spiro atoms. The maximum absolute atomic E-state index is 11.8. The predicted octanol–water partition coefficient (Wildman–Crippen LogP) is 3.52. The molecule has 0 atom stereocenters. The van der Waals surface area contributed by atoms with E-state index in [9.17, 15) is 9.59 Å². The van der Waals surface area contributed by atoms with E-state index in [1.165, 1.54) is 0 Å². The topological polar surface area (TPSA) is 67.4 Å². The largest absolute Gasteiger partial charge is 0.462 e. The fourth-order valence-corrected chi connectivity index (χ4v) is 2.26. The van der Waals surface area contributed by atoms with Crippen LogP contribution in [0.5, 0.6) is 0 Å². The molecular formula is C18H19ClN2O3. The first kappa shape index (κ1) is 17.8. The molecule has 2 amide bonds. The van der Waals surface area contributed by atoms with Crippen LogP contribution in [0.25, 0.3) is 0 Å². The number of ether oxygens (including phenoxy) is 1. The van der Waals surface area contributed by atoms with Crippen molar-refractivity contribution < 1.29 is 14.3 Å². The van der Waals surface area contributed by atoms with Gasteiger partial charge in [0.15, 0.2) is 0 Å². The molecule has 24 heavy (non-hydrogen) atoms. The molecule has 6 heteroatoms. The zero-order valence-electron chi connectivity index (χ0n) is 13.3. The van der Waals surface area contributed by atoms with Gasteiger partial charge in [0.1, 0.15) is 0 Å². The fraction of sp³-hybridized carbons (Fsp3) is 0.222. The molecule has 0 unspecified atom stereocenters. The lowest BCUT2D eigenvalue weighted by Crippen LogP contribution is -2.34. The minimum absolute atomic E-state index is 0.274. The third-order valence-electron chi connectivity index (χ3n) is 3.26. The summed E-state index contributed by atoms with van der Waals surface area (Å²) >= 11 is 5.89. The molecule has 0 aliphatic heterocycles. The number of hydrogen-bond donors (Lipinski definition) is 2. The molecule has 0 bridgehead atoms. The molecule has 2 aromatic carbocycles. The molecule has 0 saturated heterocycles. The van der Waals surface area contributed by atoms with Gasteiger partial charge in [0.25, 0.3) is 0 Å². The van der Waals surface area contributed by atoms with Crippen LogP contribution in [-0.2, 0) is 17.8 Å². The smallest absolute Gasteiger partial charge is 0.338 e. The first-order chi connectivity index (χ1) is 11.6. The summed E-state index contributed by atoms with van der Waals surface area (Å²) in [7, 11) is 0.